The predicted molar refractivity (Wildman–Crippen MR) is 111 cm³/mol. The third-order valence-electron chi connectivity index (χ3n) is 4.44. The van der Waals surface area contributed by atoms with E-state index in [0.29, 0.717) is 23.5 Å². The first-order valence-electron chi connectivity index (χ1n) is 8.79. The van der Waals surface area contributed by atoms with Crippen molar-refractivity contribution in [1.82, 2.24) is 9.97 Å². The van der Waals surface area contributed by atoms with Crippen molar-refractivity contribution in [3.63, 3.8) is 0 Å². The Kier molecular flexibility index (Phi) is 4.55. The van der Waals surface area contributed by atoms with Gasteiger partial charge in [0, 0.05) is 17.8 Å². The highest BCUT2D eigenvalue weighted by Gasteiger charge is 2.08. The SMILES string of the molecule is Nc1ccccc1NC(=O)c1ccc(CNc2ccc3[nH]c(=O)[nH]c3c2)cc1. The van der Waals surface area contributed by atoms with E-state index in [4.69, 9.17) is 5.73 Å². The number of hydrogen-bond acceptors (Lipinski definition) is 4. The number of nitrogen functional groups attached to an aromatic ring is 1. The van der Waals surface area contributed by atoms with Gasteiger partial charge in [-0.15, -0.1) is 0 Å². The fourth-order valence-corrected chi connectivity index (χ4v) is 2.93. The molecule has 4 aromatic rings. The molecular formula is C21H19N5O2. The van der Waals surface area contributed by atoms with Gasteiger partial charge >= 0.3 is 5.69 Å². The molecule has 0 saturated heterocycles. The molecule has 0 spiro atoms. The standard InChI is InChI=1S/C21H19N5O2/c22-16-3-1-2-4-17(16)24-20(27)14-7-5-13(6-8-14)12-23-15-9-10-18-19(11-15)26-21(28)25-18/h1-11,23H,12,22H2,(H,24,27)(H2,25,26,28). The number of anilines is 3. The van der Waals surface area contributed by atoms with Gasteiger partial charge in [0.1, 0.15) is 0 Å². The highest BCUT2D eigenvalue weighted by atomic mass is 16.1. The molecule has 4 rings (SSSR count). The highest BCUT2D eigenvalue weighted by molar-refractivity contribution is 6.05. The minimum atomic E-state index is -0.224. The number of carbonyl (C=O) groups is 1. The van der Waals surface area contributed by atoms with Crippen LogP contribution in [0.1, 0.15) is 15.9 Å². The summed E-state index contributed by atoms with van der Waals surface area (Å²) in [6, 6.07) is 20.1. The number of H-pyrrole nitrogens is 2. The summed E-state index contributed by atoms with van der Waals surface area (Å²) in [7, 11) is 0. The van der Waals surface area contributed by atoms with Gasteiger partial charge in [0.25, 0.3) is 5.91 Å². The fourth-order valence-electron chi connectivity index (χ4n) is 2.93. The summed E-state index contributed by atoms with van der Waals surface area (Å²) in [5, 5.41) is 6.12. The molecule has 3 aromatic carbocycles. The Labute approximate surface area is 160 Å². The molecule has 0 aliphatic heterocycles. The van der Waals surface area contributed by atoms with Gasteiger partial charge in [-0.3, -0.25) is 4.79 Å². The van der Waals surface area contributed by atoms with Crippen molar-refractivity contribution in [2.75, 3.05) is 16.4 Å². The van der Waals surface area contributed by atoms with Crippen molar-refractivity contribution in [3.8, 4) is 0 Å². The summed E-state index contributed by atoms with van der Waals surface area (Å²) in [6.07, 6.45) is 0. The molecule has 0 saturated carbocycles. The van der Waals surface area contributed by atoms with Crippen molar-refractivity contribution >= 4 is 34.0 Å². The van der Waals surface area contributed by atoms with Gasteiger partial charge < -0.3 is 26.3 Å². The predicted octanol–water partition coefficient (Wildman–Crippen LogP) is 3.30. The summed E-state index contributed by atoms with van der Waals surface area (Å²) >= 11 is 0. The molecule has 0 bridgehead atoms. The number of benzene rings is 3. The normalized spacial score (nSPS) is 10.7. The number of para-hydroxylation sites is 2. The molecule has 1 aromatic heterocycles. The molecule has 7 heteroatoms. The fraction of sp³-hybridized carbons (Fsp3) is 0.0476. The number of nitrogens with two attached hydrogens (primary N) is 1. The van der Waals surface area contributed by atoms with Gasteiger partial charge in [0.2, 0.25) is 0 Å². The Morgan fingerprint density at radius 3 is 2.46 bits per heavy atom. The molecule has 0 radical (unpaired) electrons. The van der Waals surface area contributed by atoms with E-state index in [-0.39, 0.29) is 11.6 Å². The Morgan fingerprint density at radius 1 is 0.929 bits per heavy atom. The van der Waals surface area contributed by atoms with Crippen molar-refractivity contribution in [2.45, 2.75) is 6.54 Å². The van der Waals surface area contributed by atoms with Crippen LogP contribution in [0.25, 0.3) is 11.0 Å². The number of amides is 1. The third kappa shape index (κ3) is 3.73. The van der Waals surface area contributed by atoms with Crippen LogP contribution in [0.5, 0.6) is 0 Å². The second-order valence-electron chi connectivity index (χ2n) is 6.43. The number of imidazole rings is 1. The van der Waals surface area contributed by atoms with Gasteiger partial charge in [0.15, 0.2) is 0 Å². The summed E-state index contributed by atoms with van der Waals surface area (Å²) in [4.78, 5) is 29.1. The second-order valence-corrected chi connectivity index (χ2v) is 6.43. The molecule has 1 heterocycles. The maximum atomic E-state index is 12.4. The Balaban J connectivity index is 1.40. The molecule has 0 aliphatic carbocycles. The Bertz CT molecular complexity index is 1190. The van der Waals surface area contributed by atoms with E-state index in [1.807, 2.05) is 42.5 Å². The highest BCUT2D eigenvalue weighted by Crippen LogP contribution is 2.19. The second kappa shape index (κ2) is 7.32. The largest absolute Gasteiger partial charge is 0.397 e. The van der Waals surface area contributed by atoms with E-state index in [1.54, 1.807) is 24.3 Å². The number of nitrogens with one attached hydrogen (secondary N) is 4. The molecule has 28 heavy (non-hydrogen) atoms. The van der Waals surface area contributed by atoms with Crippen LogP contribution in [-0.4, -0.2) is 15.9 Å². The quantitative estimate of drug-likeness (QED) is 0.345. The van der Waals surface area contributed by atoms with Gasteiger partial charge in [-0.1, -0.05) is 24.3 Å². The van der Waals surface area contributed by atoms with E-state index in [2.05, 4.69) is 20.6 Å². The van der Waals surface area contributed by atoms with Crippen LogP contribution < -0.4 is 22.1 Å². The van der Waals surface area contributed by atoms with Crippen molar-refractivity contribution in [3.05, 3.63) is 88.3 Å². The maximum absolute atomic E-state index is 12.4. The summed E-state index contributed by atoms with van der Waals surface area (Å²) in [5.74, 6) is -0.209. The van der Waals surface area contributed by atoms with Crippen LogP contribution >= 0.6 is 0 Å². The zero-order chi connectivity index (χ0) is 19.5. The number of rotatable bonds is 5. The average molecular weight is 373 g/mol. The first-order chi connectivity index (χ1) is 13.6. The van der Waals surface area contributed by atoms with E-state index in [9.17, 15) is 9.59 Å². The number of aromatic amines is 2. The van der Waals surface area contributed by atoms with Crippen LogP contribution in [0.2, 0.25) is 0 Å². The molecule has 140 valence electrons. The van der Waals surface area contributed by atoms with E-state index >= 15 is 0 Å². The number of aromatic nitrogens is 2. The lowest BCUT2D eigenvalue weighted by molar-refractivity contribution is 0.102. The van der Waals surface area contributed by atoms with Gasteiger partial charge in [0.05, 0.1) is 22.4 Å². The van der Waals surface area contributed by atoms with Crippen LogP contribution in [0.15, 0.2) is 71.5 Å². The molecule has 1 amide bonds. The van der Waals surface area contributed by atoms with E-state index in [0.717, 1.165) is 22.3 Å². The number of carbonyl (C=O) groups excluding carboxylic acids is 1. The van der Waals surface area contributed by atoms with Crippen LogP contribution in [-0.2, 0) is 6.54 Å². The molecular weight excluding hydrogens is 354 g/mol. The number of hydrogen-bond donors (Lipinski definition) is 5. The lowest BCUT2D eigenvalue weighted by atomic mass is 10.1. The smallest absolute Gasteiger partial charge is 0.323 e. The molecule has 0 unspecified atom stereocenters. The molecule has 6 N–H and O–H groups in total. The zero-order valence-electron chi connectivity index (χ0n) is 15.0. The average Bonchev–Trinajstić information content (AvgIpc) is 3.07. The zero-order valence-corrected chi connectivity index (χ0v) is 15.0. The van der Waals surface area contributed by atoms with Gasteiger partial charge in [-0.05, 0) is 48.0 Å². The first kappa shape index (κ1) is 17.4. The minimum absolute atomic E-state index is 0.209. The van der Waals surface area contributed by atoms with Crippen LogP contribution in [0.4, 0.5) is 17.1 Å². The van der Waals surface area contributed by atoms with Crippen LogP contribution in [0, 0.1) is 0 Å². The molecule has 0 aliphatic rings. The van der Waals surface area contributed by atoms with Crippen molar-refractivity contribution in [1.29, 1.82) is 0 Å². The van der Waals surface area contributed by atoms with Crippen molar-refractivity contribution < 1.29 is 4.79 Å². The maximum Gasteiger partial charge on any atom is 0.323 e. The molecule has 0 fully saturated rings. The monoisotopic (exact) mass is 373 g/mol. The first-order valence-corrected chi connectivity index (χ1v) is 8.79. The summed E-state index contributed by atoms with van der Waals surface area (Å²) < 4.78 is 0. The third-order valence-corrected chi connectivity index (χ3v) is 4.44. The lowest BCUT2D eigenvalue weighted by Gasteiger charge is -2.09. The Hall–Kier alpha value is -4.00. The summed E-state index contributed by atoms with van der Waals surface area (Å²) in [6.45, 7) is 0.591. The van der Waals surface area contributed by atoms with E-state index < -0.39 is 0 Å². The minimum Gasteiger partial charge on any atom is -0.397 e. The molecule has 0 atom stereocenters. The lowest BCUT2D eigenvalue weighted by Crippen LogP contribution is -2.13. The number of fused-ring (bicyclic) bond motifs is 1. The summed E-state index contributed by atoms with van der Waals surface area (Å²) in [5.41, 5.74) is 10.7. The Morgan fingerprint density at radius 2 is 1.68 bits per heavy atom. The molecule has 7 nitrogen and oxygen atoms in total. The van der Waals surface area contributed by atoms with Crippen molar-refractivity contribution in [2.24, 2.45) is 0 Å². The van der Waals surface area contributed by atoms with Gasteiger partial charge in [-0.2, -0.15) is 0 Å². The van der Waals surface area contributed by atoms with Crippen LogP contribution in [0.3, 0.4) is 0 Å². The van der Waals surface area contributed by atoms with Gasteiger partial charge in [-0.25, -0.2) is 4.79 Å². The topological polar surface area (TPSA) is 116 Å². The van der Waals surface area contributed by atoms with E-state index in [1.165, 1.54) is 0 Å².